The summed E-state index contributed by atoms with van der Waals surface area (Å²) in [6.45, 7) is 7.85. The van der Waals surface area contributed by atoms with Gasteiger partial charge in [-0.25, -0.2) is 0 Å². The molecule has 1 amide bonds. The lowest BCUT2D eigenvalue weighted by atomic mass is 9.93. The Morgan fingerprint density at radius 2 is 1.79 bits per heavy atom. The molecule has 0 spiro atoms. The topological polar surface area (TPSA) is 80.8 Å². The molecule has 3 rings (SSSR count). The number of hydrazine groups is 1. The Labute approximate surface area is 196 Å². The molecule has 1 aliphatic rings. The monoisotopic (exact) mass is 453 g/mol. The van der Waals surface area contributed by atoms with Gasteiger partial charge in [-0.2, -0.15) is 0 Å². The lowest BCUT2D eigenvalue weighted by molar-refractivity contribution is -0.119. The van der Waals surface area contributed by atoms with E-state index in [0.29, 0.717) is 23.2 Å². The predicted molar refractivity (Wildman–Crippen MR) is 132 cm³/mol. The Hall–Kier alpha value is -3.35. The van der Waals surface area contributed by atoms with E-state index >= 15 is 0 Å². The van der Waals surface area contributed by atoms with E-state index in [-0.39, 0.29) is 11.9 Å². The minimum Gasteiger partial charge on any atom is -0.493 e. The summed E-state index contributed by atoms with van der Waals surface area (Å²) in [5.74, 6) is 2.20. The standard InChI is InChI=1S/C26H35N3O4/c1-15(2)12-16(3)28-29-19-9-10-20-21(14-19)22(27-17(4)30)11-8-18-13-23(31-5)25(32-6)26(33-7)24(18)20/h9-10,12-15,22,28-29H,8,11H2,1-7H3,(H,27,30)/b16-12+/t22-/m0/s1. The lowest BCUT2D eigenvalue weighted by Crippen LogP contribution is -2.26. The van der Waals surface area contributed by atoms with Gasteiger partial charge >= 0.3 is 0 Å². The molecule has 2 aromatic carbocycles. The van der Waals surface area contributed by atoms with Crippen molar-refractivity contribution in [2.75, 3.05) is 26.8 Å². The zero-order chi connectivity index (χ0) is 24.1. The number of hydrogen-bond acceptors (Lipinski definition) is 6. The van der Waals surface area contributed by atoms with E-state index < -0.39 is 0 Å². The summed E-state index contributed by atoms with van der Waals surface area (Å²) in [6, 6.07) is 8.03. The van der Waals surface area contributed by atoms with Crippen molar-refractivity contribution < 1.29 is 19.0 Å². The average molecular weight is 454 g/mol. The molecule has 2 aromatic rings. The third-order valence-electron chi connectivity index (χ3n) is 5.68. The number of benzene rings is 2. The van der Waals surface area contributed by atoms with Gasteiger partial charge in [-0.15, -0.1) is 0 Å². The molecule has 33 heavy (non-hydrogen) atoms. The van der Waals surface area contributed by atoms with Crippen LogP contribution in [0.25, 0.3) is 11.1 Å². The SMILES string of the molecule is COc1cc2c(c(OC)c1OC)-c1ccc(NN/C(C)=C/C(C)C)cc1[C@@H](NC(C)=O)CC2. The Kier molecular flexibility index (Phi) is 7.74. The fourth-order valence-corrected chi connectivity index (χ4v) is 4.42. The number of fused-ring (bicyclic) bond motifs is 3. The molecule has 0 fully saturated rings. The number of anilines is 1. The van der Waals surface area contributed by atoms with Crippen molar-refractivity contribution >= 4 is 11.6 Å². The van der Waals surface area contributed by atoms with Crippen molar-refractivity contribution in [1.82, 2.24) is 10.7 Å². The molecule has 7 heteroatoms. The number of carbonyl (C=O) groups excluding carboxylic acids is 1. The van der Waals surface area contributed by atoms with Crippen LogP contribution < -0.4 is 30.4 Å². The van der Waals surface area contributed by atoms with E-state index in [0.717, 1.165) is 46.5 Å². The fourth-order valence-electron chi connectivity index (χ4n) is 4.42. The maximum absolute atomic E-state index is 12.0. The van der Waals surface area contributed by atoms with Gasteiger partial charge in [-0.1, -0.05) is 26.0 Å². The summed E-state index contributed by atoms with van der Waals surface area (Å²) in [4.78, 5) is 12.0. The van der Waals surface area contributed by atoms with Crippen molar-refractivity contribution in [3.05, 3.63) is 47.2 Å². The highest BCUT2D eigenvalue weighted by molar-refractivity contribution is 5.84. The summed E-state index contributed by atoms with van der Waals surface area (Å²) < 4.78 is 17.0. The lowest BCUT2D eigenvalue weighted by Gasteiger charge is -2.22. The van der Waals surface area contributed by atoms with Gasteiger partial charge in [0.2, 0.25) is 11.7 Å². The van der Waals surface area contributed by atoms with Crippen LogP contribution in [0.2, 0.25) is 0 Å². The van der Waals surface area contributed by atoms with Gasteiger partial charge in [0.15, 0.2) is 11.5 Å². The molecule has 3 N–H and O–H groups in total. The first-order chi connectivity index (χ1) is 15.8. The molecule has 0 heterocycles. The maximum atomic E-state index is 12.0. The van der Waals surface area contributed by atoms with Crippen LogP contribution >= 0.6 is 0 Å². The summed E-state index contributed by atoms with van der Waals surface area (Å²) >= 11 is 0. The van der Waals surface area contributed by atoms with Crippen LogP contribution in [0.15, 0.2) is 36.0 Å². The third kappa shape index (κ3) is 5.35. The number of methoxy groups -OCH3 is 3. The van der Waals surface area contributed by atoms with E-state index in [4.69, 9.17) is 14.2 Å². The van der Waals surface area contributed by atoms with E-state index in [2.05, 4.69) is 48.2 Å². The van der Waals surface area contributed by atoms with Crippen LogP contribution in [0.3, 0.4) is 0 Å². The van der Waals surface area contributed by atoms with Crippen molar-refractivity contribution in [1.29, 1.82) is 0 Å². The Morgan fingerprint density at radius 3 is 2.39 bits per heavy atom. The molecule has 0 saturated carbocycles. The van der Waals surface area contributed by atoms with E-state index in [1.54, 1.807) is 28.3 Å². The quantitative estimate of drug-likeness (QED) is 0.489. The van der Waals surface area contributed by atoms with E-state index in [1.807, 2.05) is 19.1 Å². The van der Waals surface area contributed by atoms with Gasteiger partial charge in [0.05, 0.1) is 33.1 Å². The first-order valence-electron chi connectivity index (χ1n) is 11.2. The molecule has 0 radical (unpaired) electrons. The van der Waals surface area contributed by atoms with Gasteiger partial charge in [0.25, 0.3) is 0 Å². The second kappa shape index (κ2) is 10.5. The van der Waals surface area contributed by atoms with Crippen molar-refractivity contribution in [2.24, 2.45) is 5.92 Å². The Morgan fingerprint density at radius 1 is 1.06 bits per heavy atom. The van der Waals surface area contributed by atoms with Crippen molar-refractivity contribution in [2.45, 2.75) is 46.6 Å². The molecule has 7 nitrogen and oxygen atoms in total. The summed E-state index contributed by atoms with van der Waals surface area (Å²) in [5, 5.41) is 3.12. The van der Waals surface area contributed by atoms with Gasteiger partial charge in [-0.05, 0) is 60.6 Å². The molecular weight excluding hydrogens is 418 g/mol. The van der Waals surface area contributed by atoms with Crippen molar-refractivity contribution in [3.63, 3.8) is 0 Å². The number of amides is 1. The van der Waals surface area contributed by atoms with Gasteiger partial charge in [0.1, 0.15) is 0 Å². The van der Waals surface area contributed by atoms with Gasteiger partial charge in [0, 0.05) is 18.2 Å². The minimum atomic E-state index is -0.138. The third-order valence-corrected chi connectivity index (χ3v) is 5.68. The molecule has 0 unspecified atom stereocenters. The first kappa shape index (κ1) is 24.3. The van der Waals surface area contributed by atoms with Crippen LogP contribution in [0, 0.1) is 5.92 Å². The maximum Gasteiger partial charge on any atom is 0.217 e. The highest BCUT2D eigenvalue weighted by atomic mass is 16.5. The summed E-state index contributed by atoms with van der Waals surface area (Å²) in [5.41, 5.74) is 12.6. The summed E-state index contributed by atoms with van der Waals surface area (Å²) in [6.07, 6.45) is 3.65. The molecule has 178 valence electrons. The number of rotatable bonds is 8. The largest absolute Gasteiger partial charge is 0.493 e. The highest BCUT2D eigenvalue weighted by Gasteiger charge is 2.29. The number of nitrogens with one attached hydrogen (secondary N) is 3. The van der Waals surface area contributed by atoms with E-state index in [1.165, 1.54) is 0 Å². The van der Waals surface area contributed by atoms with Crippen LogP contribution in [0.1, 0.15) is 51.3 Å². The first-order valence-corrected chi connectivity index (χ1v) is 11.2. The number of aryl methyl sites for hydroxylation is 1. The van der Waals surface area contributed by atoms with Crippen LogP contribution in [-0.4, -0.2) is 27.2 Å². The van der Waals surface area contributed by atoms with Gasteiger partial charge < -0.3 is 30.4 Å². The second-order valence-corrected chi connectivity index (χ2v) is 8.62. The molecule has 0 aliphatic heterocycles. The molecule has 0 saturated heterocycles. The van der Waals surface area contributed by atoms with Gasteiger partial charge in [-0.3, -0.25) is 4.79 Å². The minimum absolute atomic E-state index is 0.0637. The smallest absolute Gasteiger partial charge is 0.217 e. The van der Waals surface area contributed by atoms with Crippen LogP contribution in [0.5, 0.6) is 17.2 Å². The Bertz CT molecular complexity index is 1050. The van der Waals surface area contributed by atoms with Crippen molar-refractivity contribution in [3.8, 4) is 28.4 Å². The average Bonchev–Trinajstić information content (AvgIpc) is 2.92. The normalized spacial score (nSPS) is 15.2. The predicted octanol–water partition coefficient (Wildman–Crippen LogP) is 4.98. The zero-order valence-electron chi connectivity index (χ0n) is 20.6. The molecule has 0 bridgehead atoms. The summed E-state index contributed by atoms with van der Waals surface area (Å²) in [7, 11) is 4.86. The Balaban J connectivity index is 2.13. The molecule has 1 atom stereocenters. The fraction of sp³-hybridized carbons (Fsp3) is 0.423. The number of ether oxygens (including phenoxy) is 3. The molecule has 0 aromatic heterocycles. The second-order valence-electron chi connectivity index (χ2n) is 8.62. The molecular formula is C26H35N3O4. The highest BCUT2D eigenvalue weighted by Crippen LogP contribution is 2.50. The number of hydrogen-bond donors (Lipinski definition) is 3. The van der Waals surface area contributed by atoms with Crippen LogP contribution in [0.4, 0.5) is 5.69 Å². The number of carbonyl (C=O) groups is 1. The number of allylic oxidation sites excluding steroid dienone is 2. The molecule has 1 aliphatic carbocycles. The van der Waals surface area contributed by atoms with E-state index in [9.17, 15) is 4.79 Å². The zero-order valence-corrected chi connectivity index (χ0v) is 20.6. The van der Waals surface area contributed by atoms with Crippen LogP contribution in [-0.2, 0) is 11.2 Å².